The SMILES string of the molecule is Cc1ccc(CC(C)NS(=O)(=O)c2cc(CN)sc2Br)s1. The number of hydrogen-bond donors (Lipinski definition) is 2. The van der Waals surface area contributed by atoms with Crippen molar-refractivity contribution in [1.82, 2.24) is 4.72 Å². The summed E-state index contributed by atoms with van der Waals surface area (Å²) in [4.78, 5) is 3.51. The van der Waals surface area contributed by atoms with Gasteiger partial charge in [-0.1, -0.05) is 0 Å². The summed E-state index contributed by atoms with van der Waals surface area (Å²) in [5, 5.41) is 0. The molecule has 0 aliphatic rings. The fourth-order valence-corrected chi connectivity index (χ4v) is 6.77. The van der Waals surface area contributed by atoms with Gasteiger partial charge in [-0.15, -0.1) is 22.7 Å². The lowest BCUT2D eigenvalue weighted by Gasteiger charge is -2.13. The molecule has 116 valence electrons. The van der Waals surface area contributed by atoms with Crippen molar-refractivity contribution < 1.29 is 8.42 Å². The summed E-state index contributed by atoms with van der Waals surface area (Å²) in [6.07, 6.45) is 0.684. The third-order valence-electron chi connectivity index (χ3n) is 2.86. The van der Waals surface area contributed by atoms with Crippen LogP contribution < -0.4 is 10.5 Å². The maximum absolute atomic E-state index is 12.4. The Hall–Kier alpha value is -0.250. The molecule has 0 fully saturated rings. The van der Waals surface area contributed by atoms with Crippen LogP contribution in [0, 0.1) is 6.92 Å². The maximum Gasteiger partial charge on any atom is 0.242 e. The third kappa shape index (κ3) is 4.37. The van der Waals surface area contributed by atoms with E-state index >= 15 is 0 Å². The highest BCUT2D eigenvalue weighted by molar-refractivity contribution is 9.11. The van der Waals surface area contributed by atoms with E-state index in [9.17, 15) is 8.42 Å². The van der Waals surface area contributed by atoms with Crippen LogP contribution in [0.15, 0.2) is 26.9 Å². The Bertz CT molecular complexity index is 722. The van der Waals surface area contributed by atoms with Crippen molar-refractivity contribution in [2.75, 3.05) is 0 Å². The van der Waals surface area contributed by atoms with Gasteiger partial charge in [-0.2, -0.15) is 0 Å². The molecule has 0 spiro atoms. The number of hydrogen-bond acceptors (Lipinski definition) is 5. The molecule has 2 aromatic rings. The van der Waals surface area contributed by atoms with Gasteiger partial charge in [0.25, 0.3) is 0 Å². The zero-order valence-corrected chi connectivity index (χ0v) is 15.8. The lowest BCUT2D eigenvalue weighted by Crippen LogP contribution is -2.33. The van der Waals surface area contributed by atoms with E-state index in [4.69, 9.17) is 5.73 Å². The van der Waals surface area contributed by atoms with Crippen molar-refractivity contribution in [1.29, 1.82) is 0 Å². The van der Waals surface area contributed by atoms with E-state index in [1.54, 1.807) is 17.4 Å². The van der Waals surface area contributed by atoms with E-state index in [0.717, 1.165) is 4.88 Å². The number of halogens is 1. The summed E-state index contributed by atoms with van der Waals surface area (Å²) in [6, 6.07) is 5.54. The molecule has 0 aromatic carbocycles. The second-order valence-corrected chi connectivity index (χ2v) is 10.3. The lowest BCUT2D eigenvalue weighted by molar-refractivity contribution is 0.560. The highest BCUT2D eigenvalue weighted by atomic mass is 79.9. The number of nitrogens with one attached hydrogen (secondary N) is 1. The molecule has 1 atom stereocenters. The average molecular weight is 409 g/mol. The van der Waals surface area contributed by atoms with Gasteiger partial charge < -0.3 is 5.73 Å². The molecule has 0 aliphatic heterocycles. The Morgan fingerprint density at radius 2 is 2.05 bits per heavy atom. The molecule has 3 N–H and O–H groups in total. The van der Waals surface area contributed by atoms with Gasteiger partial charge in [0.1, 0.15) is 4.90 Å². The van der Waals surface area contributed by atoms with Crippen LogP contribution in [-0.2, 0) is 23.0 Å². The molecular formula is C13H17BrN2O2S3. The minimum atomic E-state index is -3.53. The molecule has 2 aromatic heterocycles. The Kier molecular flexibility index (Phi) is 5.61. The molecule has 2 rings (SSSR count). The van der Waals surface area contributed by atoms with Gasteiger partial charge in [0.05, 0.1) is 3.79 Å². The third-order valence-corrected chi connectivity index (χ3v) is 7.74. The largest absolute Gasteiger partial charge is 0.326 e. The van der Waals surface area contributed by atoms with Gasteiger partial charge in [-0.25, -0.2) is 13.1 Å². The zero-order chi connectivity index (χ0) is 15.6. The average Bonchev–Trinajstić information content (AvgIpc) is 2.95. The molecule has 2 heterocycles. The molecule has 4 nitrogen and oxygen atoms in total. The second-order valence-electron chi connectivity index (χ2n) is 4.79. The Balaban J connectivity index is 2.11. The summed E-state index contributed by atoms with van der Waals surface area (Å²) in [7, 11) is -3.53. The number of thiophene rings is 2. The van der Waals surface area contributed by atoms with E-state index in [0.29, 0.717) is 16.8 Å². The molecule has 0 radical (unpaired) electrons. The van der Waals surface area contributed by atoms with Crippen LogP contribution in [0.4, 0.5) is 0 Å². The van der Waals surface area contributed by atoms with Crippen LogP contribution in [0.3, 0.4) is 0 Å². The molecule has 0 aliphatic carbocycles. The van der Waals surface area contributed by atoms with Crippen LogP contribution in [-0.4, -0.2) is 14.5 Å². The molecular weight excluding hydrogens is 392 g/mol. The van der Waals surface area contributed by atoms with E-state index in [1.807, 2.05) is 26.0 Å². The molecule has 8 heteroatoms. The minimum absolute atomic E-state index is 0.166. The zero-order valence-electron chi connectivity index (χ0n) is 11.7. The van der Waals surface area contributed by atoms with E-state index in [2.05, 4.69) is 20.7 Å². The van der Waals surface area contributed by atoms with Gasteiger partial charge in [0, 0.05) is 27.2 Å². The van der Waals surface area contributed by atoms with E-state index in [1.165, 1.54) is 21.1 Å². The van der Waals surface area contributed by atoms with Gasteiger partial charge in [0.2, 0.25) is 10.0 Å². The summed E-state index contributed by atoms with van der Waals surface area (Å²) in [6.45, 7) is 4.25. The second kappa shape index (κ2) is 6.89. The first kappa shape index (κ1) is 17.1. The quantitative estimate of drug-likeness (QED) is 0.770. The summed E-state index contributed by atoms with van der Waals surface area (Å²) >= 11 is 6.34. The van der Waals surface area contributed by atoms with Gasteiger partial charge in [-0.3, -0.25) is 0 Å². The van der Waals surface area contributed by atoms with Crippen LogP contribution in [0.25, 0.3) is 0 Å². The molecule has 1 unspecified atom stereocenters. The highest BCUT2D eigenvalue weighted by Crippen LogP contribution is 2.31. The van der Waals surface area contributed by atoms with Crippen molar-refractivity contribution in [2.45, 2.75) is 37.8 Å². The van der Waals surface area contributed by atoms with E-state index < -0.39 is 10.0 Å². The molecule has 0 bridgehead atoms. The standard InChI is InChI=1S/C13H17BrN2O2S3/c1-8(5-10-4-3-9(2)19-10)16-21(17,18)12-6-11(7-15)20-13(12)14/h3-4,6,8,16H,5,7,15H2,1-2H3. The topological polar surface area (TPSA) is 72.2 Å². The van der Waals surface area contributed by atoms with Crippen LogP contribution in [0.1, 0.15) is 21.6 Å². The number of sulfonamides is 1. The number of nitrogens with two attached hydrogens (primary N) is 1. The molecule has 0 saturated heterocycles. The molecule has 0 saturated carbocycles. The first-order valence-corrected chi connectivity index (χ1v) is 10.3. The van der Waals surface area contributed by atoms with Crippen LogP contribution in [0.2, 0.25) is 0 Å². The highest BCUT2D eigenvalue weighted by Gasteiger charge is 2.23. The van der Waals surface area contributed by atoms with Gasteiger partial charge in [0.15, 0.2) is 0 Å². The lowest BCUT2D eigenvalue weighted by atomic mass is 10.2. The number of rotatable bonds is 6. The Morgan fingerprint density at radius 1 is 1.33 bits per heavy atom. The smallest absolute Gasteiger partial charge is 0.242 e. The van der Waals surface area contributed by atoms with Gasteiger partial charge in [-0.05, 0) is 54.4 Å². The number of aryl methyl sites for hydroxylation is 1. The van der Waals surface area contributed by atoms with Crippen LogP contribution >= 0.6 is 38.6 Å². The fraction of sp³-hybridized carbons (Fsp3) is 0.385. The van der Waals surface area contributed by atoms with Crippen LogP contribution in [0.5, 0.6) is 0 Å². The Labute approximate surface area is 141 Å². The summed E-state index contributed by atoms with van der Waals surface area (Å²) < 4.78 is 28.1. The Morgan fingerprint density at radius 3 is 2.57 bits per heavy atom. The fourth-order valence-electron chi connectivity index (χ4n) is 1.95. The molecule has 21 heavy (non-hydrogen) atoms. The first-order chi connectivity index (χ1) is 9.81. The van der Waals surface area contributed by atoms with Gasteiger partial charge >= 0.3 is 0 Å². The molecule has 0 amide bonds. The van der Waals surface area contributed by atoms with Crippen molar-refractivity contribution in [3.8, 4) is 0 Å². The summed E-state index contributed by atoms with van der Waals surface area (Å²) in [5.74, 6) is 0. The monoisotopic (exact) mass is 408 g/mol. The summed E-state index contributed by atoms with van der Waals surface area (Å²) in [5.41, 5.74) is 5.56. The van der Waals surface area contributed by atoms with Crippen molar-refractivity contribution in [2.24, 2.45) is 5.73 Å². The van der Waals surface area contributed by atoms with Crippen molar-refractivity contribution >= 4 is 48.6 Å². The van der Waals surface area contributed by atoms with E-state index in [-0.39, 0.29) is 10.9 Å². The van der Waals surface area contributed by atoms with Crippen molar-refractivity contribution in [3.63, 3.8) is 0 Å². The first-order valence-electron chi connectivity index (χ1n) is 6.37. The normalized spacial score (nSPS) is 13.5. The minimum Gasteiger partial charge on any atom is -0.326 e. The maximum atomic E-state index is 12.4. The predicted octanol–water partition coefficient (Wildman–Crippen LogP) is 3.25. The predicted molar refractivity (Wildman–Crippen MR) is 92.5 cm³/mol. The van der Waals surface area contributed by atoms with Crippen molar-refractivity contribution in [3.05, 3.63) is 36.6 Å².